The third-order valence-corrected chi connectivity index (χ3v) is 6.80. The summed E-state index contributed by atoms with van der Waals surface area (Å²) in [6.07, 6.45) is 1.98. The first-order valence-corrected chi connectivity index (χ1v) is 11.0. The van der Waals surface area contributed by atoms with Crippen LogP contribution in [0.4, 0.5) is 0 Å². The van der Waals surface area contributed by atoms with E-state index >= 15 is 0 Å². The van der Waals surface area contributed by atoms with Crippen molar-refractivity contribution in [3.63, 3.8) is 0 Å². The van der Waals surface area contributed by atoms with Gasteiger partial charge in [-0.05, 0) is 38.9 Å². The van der Waals surface area contributed by atoms with Crippen LogP contribution in [0.5, 0.6) is 11.5 Å². The molecule has 160 valence electrons. The van der Waals surface area contributed by atoms with Crippen LogP contribution in [-0.2, 0) is 14.3 Å². The molecule has 0 unspecified atom stereocenters. The number of rotatable bonds is 2. The van der Waals surface area contributed by atoms with E-state index < -0.39 is 5.92 Å². The number of hydrogen-bond acceptors (Lipinski definition) is 5. The van der Waals surface area contributed by atoms with Gasteiger partial charge in [-0.1, -0.05) is 27.7 Å². The quantitative estimate of drug-likeness (QED) is 0.606. The smallest absolute Gasteiger partial charge is 0.163 e. The van der Waals surface area contributed by atoms with Crippen molar-refractivity contribution in [3.8, 4) is 11.5 Å². The van der Waals surface area contributed by atoms with Crippen molar-refractivity contribution in [2.24, 2.45) is 10.8 Å². The molecule has 4 rings (SSSR count). The number of ether oxygens (including phenoxy) is 2. The lowest BCUT2D eigenvalue weighted by Crippen LogP contribution is -2.37. The summed E-state index contributed by atoms with van der Waals surface area (Å²) in [6, 6.07) is 3.38. The fraction of sp³-hybridized carbons (Fsp3) is 0.500. The molecule has 1 aliphatic heterocycles. The molecule has 1 heterocycles. The number of carbonyl (C=O) groups excluding carboxylic acids is 2. The molecule has 0 saturated carbocycles. The van der Waals surface area contributed by atoms with Crippen LogP contribution in [0.2, 0.25) is 0 Å². The predicted molar refractivity (Wildman–Crippen MR) is 116 cm³/mol. The Morgan fingerprint density at radius 1 is 0.967 bits per heavy atom. The van der Waals surface area contributed by atoms with Crippen molar-refractivity contribution in [1.29, 1.82) is 0 Å². The summed E-state index contributed by atoms with van der Waals surface area (Å²) in [5, 5.41) is 10.9. The lowest BCUT2D eigenvalue weighted by molar-refractivity contribution is -0.120. The van der Waals surface area contributed by atoms with E-state index in [4.69, 9.17) is 9.47 Å². The molecule has 0 radical (unpaired) electrons. The van der Waals surface area contributed by atoms with Gasteiger partial charge in [0.15, 0.2) is 11.6 Å². The van der Waals surface area contributed by atoms with E-state index in [-0.39, 0.29) is 28.1 Å². The summed E-state index contributed by atoms with van der Waals surface area (Å²) in [4.78, 5) is 26.6. The van der Waals surface area contributed by atoms with Gasteiger partial charge < -0.3 is 14.6 Å². The molecular formula is C24H27BrO5. The Morgan fingerprint density at radius 2 is 1.47 bits per heavy atom. The second-order valence-electron chi connectivity index (χ2n) is 10.1. The van der Waals surface area contributed by atoms with E-state index in [1.807, 2.05) is 27.7 Å². The van der Waals surface area contributed by atoms with Crippen molar-refractivity contribution < 1.29 is 24.2 Å². The summed E-state index contributed by atoms with van der Waals surface area (Å²) < 4.78 is 12.1. The van der Waals surface area contributed by atoms with Gasteiger partial charge in [0.1, 0.15) is 23.0 Å². The summed E-state index contributed by atoms with van der Waals surface area (Å²) in [5.41, 5.74) is 1.05. The number of benzene rings is 1. The summed E-state index contributed by atoms with van der Waals surface area (Å²) in [7, 11) is 1.55. The molecule has 30 heavy (non-hydrogen) atoms. The number of phenolic OH excluding ortho intramolecular Hbond substituents is 1. The number of Topliss-reactive ketones (excluding diaryl/α,β-unsaturated/α-hetero) is 2. The maximum absolute atomic E-state index is 13.3. The molecule has 0 atom stereocenters. The fourth-order valence-corrected chi connectivity index (χ4v) is 5.37. The van der Waals surface area contributed by atoms with Crippen LogP contribution >= 0.6 is 15.9 Å². The van der Waals surface area contributed by atoms with Crippen molar-refractivity contribution in [2.45, 2.75) is 59.3 Å². The molecule has 3 aliphatic rings. The first-order valence-electron chi connectivity index (χ1n) is 10.2. The predicted octanol–water partition coefficient (Wildman–Crippen LogP) is 5.56. The van der Waals surface area contributed by atoms with E-state index in [1.165, 1.54) is 0 Å². The maximum Gasteiger partial charge on any atom is 0.163 e. The van der Waals surface area contributed by atoms with Gasteiger partial charge in [0.05, 0.1) is 17.5 Å². The second kappa shape index (κ2) is 6.98. The zero-order valence-electron chi connectivity index (χ0n) is 18.0. The van der Waals surface area contributed by atoms with E-state index in [0.717, 1.165) is 0 Å². The van der Waals surface area contributed by atoms with Gasteiger partial charge in [0.2, 0.25) is 0 Å². The molecule has 0 bridgehead atoms. The Kier molecular flexibility index (Phi) is 4.92. The number of aromatic hydroxyl groups is 1. The molecule has 0 spiro atoms. The highest BCUT2D eigenvalue weighted by Gasteiger charge is 2.48. The Balaban J connectivity index is 1.98. The first kappa shape index (κ1) is 21.2. The Labute approximate surface area is 185 Å². The second-order valence-corrected chi connectivity index (χ2v) is 11.0. The van der Waals surface area contributed by atoms with Crippen molar-refractivity contribution in [1.82, 2.24) is 0 Å². The average molecular weight is 475 g/mol. The van der Waals surface area contributed by atoms with Gasteiger partial charge in [-0.2, -0.15) is 0 Å². The largest absolute Gasteiger partial charge is 0.506 e. The van der Waals surface area contributed by atoms with Gasteiger partial charge in [-0.15, -0.1) is 0 Å². The number of methoxy groups -OCH3 is 1. The minimum absolute atomic E-state index is 0.0108. The van der Waals surface area contributed by atoms with E-state index in [1.54, 1.807) is 19.2 Å². The zero-order chi connectivity index (χ0) is 22.0. The highest BCUT2D eigenvalue weighted by atomic mass is 79.9. The number of halogens is 1. The molecule has 2 aliphatic carbocycles. The third kappa shape index (κ3) is 3.49. The summed E-state index contributed by atoms with van der Waals surface area (Å²) in [5.74, 6) is 1.09. The third-order valence-electron chi connectivity index (χ3n) is 6.19. The number of ketones is 2. The molecule has 5 nitrogen and oxygen atoms in total. The minimum atomic E-state index is -0.651. The number of allylic oxidation sites excluding steroid dienone is 4. The Morgan fingerprint density at radius 3 is 1.93 bits per heavy atom. The standard InChI is InChI=1S/C24H27BrO5/c1-23(2)8-15(26)20-17(10-23)30-18-11-24(3,4)9-16(27)21(18)19(20)13-6-12(29-5)7-14(25)22(13)28/h6-7,19,28H,8-11H2,1-5H3. The summed E-state index contributed by atoms with van der Waals surface area (Å²) in [6.45, 7) is 8.19. The Hall–Kier alpha value is -2.08. The van der Waals surface area contributed by atoms with E-state index in [9.17, 15) is 14.7 Å². The van der Waals surface area contributed by atoms with Crippen LogP contribution in [0.3, 0.4) is 0 Å². The number of carbonyl (C=O) groups is 2. The topological polar surface area (TPSA) is 72.8 Å². The van der Waals surface area contributed by atoms with Crippen molar-refractivity contribution >= 4 is 27.5 Å². The van der Waals surface area contributed by atoms with Crippen LogP contribution < -0.4 is 4.74 Å². The highest BCUT2D eigenvalue weighted by molar-refractivity contribution is 9.10. The fourth-order valence-electron chi connectivity index (χ4n) is 4.92. The van der Waals surface area contributed by atoms with Gasteiger partial charge in [0.25, 0.3) is 0 Å². The molecule has 6 heteroatoms. The van der Waals surface area contributed by atoms with Gasteiger partial charge in [-0.25, -0.2) is 0 Å². The SMILES string of the molecule is COc1cc(Br)c(O)c(C2C3=C(CC(C)(C)CC3=O)OC3=C2C(=O)CC(C)(C)C3)c1. The molecule has 0 amide bonds. The zero-order valence-corrected chi connectivity index (χ0v) is 19.6. The number of hydrogen-bond donors (Lipinski definition) is 1. The maximum atomic E-state index is 13.3. The van der Waals surface area contributed by atoms with E-state index in [2.05, 4.69) is 15.9 Å². The monoisotopic (exact) mass is 474 g/mol. The molecular weight excluding hydrogens is 448 g/mol. The Bertz CT molecular complexity index is 976. The average Bonchev–Trinajstić information content (AvgIpc) is 2.60. The molecule has 0 fully saturated rings. The number of phenols is 1. The van der Waals surface area contributed by atoms with Crippen LogP contribution in [0.25, 0.3) is 0 Å². The molecule has 1 N–H and O–H groups in total. The molecule has 1 aromatic rings. The minimum Gasteiger partial charge on any atom is -0.506 e. The van der Waals surface area contributed by atoms with Gasteiger partial charge in [0, 0.05) is 42.4 Å². The van der Waals surface area contributed by atoms with Gasteiger partial charge >= 0.3 is 0 Å². The van der Waals surface area contributed by atoms with Crippen molar-refractivity contribution in [3.05, 3.63) is 44.8 Å². The van der Waals surface area contributed by atoms with Crippen LogP contribution in [0, 0.1) is 10.8 Å². The van der Waals surface area contributed by atoms with E-state index in [0.29, 0.717) is 64.1 Å². The van der Waals surface area contributed by atoms with Gasteiger partial charge in [-0.3, -0.25) is 9.59 Å². The molecule has 0 aromatic heterocycles. The lowest BCUT2D eigenvalue weighted by atomic mass is 9.65. The normalized spacial score (nSPS) is 23.1. The molecule has 1 aromatic carbocycles. The first-order chi connectivity index (χ1) is 13.9. The highest BCUT2D eigenvalue weighted by Crippen LogP contribution is 2.55. The summed E-state index contributed by atoms with van der Waals surface area (Å²) >= 11 is 3.38. The van der Waals surface area contributed by atoms with Crippen molar-refractivity contribution in [2.75, 3.05) is 7.11 Å². The molecule has 0 saturated heterocycles. The van der Waals surface area contributed by atoms with Crippen LogP contribution in [-0.4, -0.2) is 23.8 Å². The van der Waals surface area contributed by atoms with Crippen LogP contribution in [0.1, 0.15) is 64.9 Å². The van der Waals surface area contributed by atoms with Crippen LogP contribution in [0.15, 0.2) is 39.3 Å². The lowest BCUT2D eigenvalue weighted by Gasteiger charge is -2.42.